The average molecular weight is 256 g/mol. The Bertz CT molecular complexity index is 430. The molecular weight excluding hydrogens is 246 g/mol. The zero-order chi connectivity index (χ0) is 12.7. The first-order valence-electron chi connectivity index (χ1n) is 4.82. The van der Waals surface area contributed by atoms with Crippen molar-refractivity contribution in [1.29, 1.82) is 0 Å². The molecule has 90 valence electrons. The zero-order valence-electron chi connectivity index (χ0n) is 9.05. The average Bonchev–Trinajstić information content (AvgIpc) is 2.36. The van der Waals surface area contributed by atoms with Gasteiger partial charge in [0.1, 0.15) is 0 Å². The molecule has 5 nitrogen and oxygen atoms in total. The Kier molecular flexibility index (Phi) is 5.16. The number of Topliss-reactive ketones (excluding diaryl/α,β-unsaturated/α-hetero) is 1. The van der Waals surface area contributed by atoms with Gasteiger partial charge in [0, 0.05) is 5.56 Å². The third kappa shape index (κ3) is 4.24. The lowest BCUT2D eigenvalue weighted by molar-refractivity contribution is 0.0614. The number of rotatable bonds is 4. The number of ether oxygens (including phenoxy) is 1. The summed E-state index contributed by atoms with van der Waals surface area (Å²) in [6.07, 6.45) is -1.01. The first-order valence-corrected chi connectivity index (χ1v) is 5.20. The Morgan fingerprint density at radius 2 is 1.94 bits per heavy atom. The maximum atomic E-state index is 11.6. The topological polar surface area (TPSA) is 65.0 Å². The highest BCUT2D eigenvalue weighted by atomic mass is 35.5. The van der Waals surface area contributed by atoms with Crippen LogP contribution < -0.4 is 0 Å². The van der Waals surface area contributed by atoms with Crippen LogP contribution in [-0.2, 0) is 9.57 Å². The Labute approximate surface area is 103 Å². The summed E-state index contributed by atoms with van der Waals surface area (Å²) in [5.74, 6) is -0.531. The zero-order valence-corrected chi connectivity index (χ0v) is 9.81. The predicted octanol–water partition coefficient (Wildman–Crippen LogP) is 2.59. The van der Waals surface area contributed by atoms with Crippen LogP contribution in [0.4, 0.5) is 4.79 Å². The van der Waals surface area contributed by atoms with E-state index in [1.165, 1.54) is 0 Å². The lowest BCUT2D eigenvalue weighted by atomic mass is 10.1. The van der Waals surface area contributed by atoms with Crippen LogP contribution in [0.5, 0.6) is 0 Å². The third-order valence-corrected chi connectivity index (χ3v) is 1.93. The molecule has 6 heteroatoms. The Morgan fingerprint density at radius 1 is 1.29 bits per heavy atom. The molecule has 0 radical (unpaired) electrons. The van der Waals surface area contributed by atoms with Crippen molar-refractivity contribution in [2.45, 2.75) is 6.92 Å². The van der Waals surface area contributed by atoms with Gasteiger partial charge in [0.05, 0.1) is 6.61 Å². The fraction of sp³-hybridized carbons (Fsp3) is 0.182. The van der Waals surface area contributed by atoms with Gasteiger partial charge in [-0.2, -0.15) is 0 Å². The number of nitrogens with zero attached hydrogens (tertiary/aromatic N) is 1. The molecule has 0 fully saturated rings. The van der Waals surface area contributed by atoms with Gasteiger partial charge < -0.3 is 4.74 Å². The molecule has 0 aromatic heterocycles. The van der Waals surface area contributed by atoms with Gasteiger partial charge in [-0.1, -0.05) is 47.1 Å². The summed E-state index contributed by atoms with van der Waals surface area (Å²) in [5, 5.41) is 2.74. The van der Waals surface area contributed by atoms with Crippen LogP contribution >= 0.6 is 11.6 Å². The number of hydrogen-bond donors (Lipinski definition) is 0. The molecule has 0 aliphatic heterocycles. The van der Waals surface area contributed by atoms with Crippen LogP contribution in [0.1, 0.15) is 17.3 Å². The monoisotopic (exact) mass is 255 g/mol. The van der Waals surface area contributed by atoms with Gasteiger partial charge in [-0.15, -0.1) is 0 Å². The molecule has 17 heavy (non-hydrogen) atoms. The van der Waals surface area contributed by atoms with Crippen molar-refractivity contribution in [3.05, 3.63) is 35.9 Å². The van der Waals surface area contributed by atoms with E-state index in [9.17, 15) is 9.59 Å². The van der Waals surface area contributed by atoms with Crippen LogP contribution in [-0.4, -0.2) is 23.7 Å². The maximum absolute atomic E-state index is 11.6. The van der Waals surface area contributed by atoms with E-state index in [0.717, 1.165) is 0 Å². The number of hydrogen-bond acceptors (Lipinski definition) is 5. The van der Waals surface area contributed by atoms with E-state index < -0.39 is 17.1 Å². The second-order valence-electron chi connectivity index (χ2n) is 2.85. The lowest BCUT2D eigenvalue weighted by Gasteiger charge is -1.99. The van der Waals surface area contributed by atoms with E-state index in [1.807, 2.05) is 0 Å². The largest absolute Gasteiger partial charge is 0.535 e. The first kappa shape index (κ1) is 13.2. The van der Waals surface area contributed by atoms with Gasteiger partial charge in [0.15, 0.2) is 0 Å². The molecule has 0 saturated carbocycles. The van der Waals surface area contributed by atoms with Gasteiger partial charge in [0.2, 0.25) is 11.0 Å². The highest BCUT2D eigenvalue weighted by Gasteiger charge is 2.13. The van der Waals surface area contributed by atoms with E-state index in [-0.39, 0.29) is 6.61 Å². The molecule has 0 aliphatic carbocycles. The molecule has 0 saturated heterocycles. The highest BCUT2D eigenvalue weighted by Crippen LogP contribution is 2.04. The number of ketones is 1. The number of halogens is 1. The highest BCUT2D eigenvalue weighted by molar-refractivity contribution is 6.84. The van der Waals surface area contributed by atoms with E-state index in [1.54, 1.807) is 37.3 Å². The van der Waals surface area contributed by atoms with E-state index in [0.29, 0.717) is 5.56 Å². The minimum Gasteiger partial charge on any atom is -0.433 e. The summed E-state index contributed by atoms with van der Waals surface area (Å²) in [7, 11) is 0. The second kappa shape index (κ2) is 6.65. The molecule has 0 amide bonds. The van der Waals surface area contributed by atoms with Crippen molar-refractivity contribution in [3.8, 4) is 0 Å². The lowest BCUT2D eigenvalue weighted by Crippen LogP contribution is -2.11. The summed E-state index contributed by atoms with van der Waals surface area (Å²) in [4.78, 5) is 26.7. The fourth-order valence-electron chi connectivity index (χ4n) is 0.972. The van der Waals surface area contributed by atoms with Crippen molar-refractivity contribution >= 4 is 28.7 Å². The minimum absolute atomic E-state index is 0.151. The molecule has 1 rings (SSSR count). The quantitative estimate of drug-likeness (QED) is 0.273. The van der Waals surface area contributed by atoms with E-state index in [2.05, 4.69) is 14.7 Å². The minimum atomic E-state index is -1.01. The normalized spacial score (nSPS) is 10.8. The molecule has 1 aromatic rings. The van der Waals surface area contributed by atoms with Crippen LogP contribution in [0, 0.1) is 0 Å². The van der Waals surface area contributed by atoms with E-state index >= 15 is 0 Å². The second-order valence-corrected chi connectivity index (χ2v) is 3.21. The molecule has 0 N–H and O–H groups in total. The molecular formula is C11H10ClNO4. The Hall–Kier alpha value is -1.88. The van der Waals surface area contributed by atoms with Crippen molar-refractivity contribution < 1.29 is 19.2 Å². The van der Waals surface area contributed by atoms with Crippen LogP contribution in [0.25, 0.3) is 0 Å². The van der Waals surface area contributed by atoms with Crippen molar-refractivity contribution in [2.24, 2.45) is 5.16 Å². The van der Waals surface area contributed by atoms with Gasteiger partial charge in [-0.05, 0) is 6.92 Å². The van der Waals surface area contributed by atoms with Gasteiger partial charge in [-0.3, -0.25) is 9.63 Å². The number of oxime groups is 1. The van der Waals surface area contributed by atoms with Gasteiger partial charge >= 0.3 is 6.16 Å². The van der Waals surface area contributed by atoms with Crippen LogP contribution in [0.2, 0.25) is 0 Å². The number of carbonyl (C=O) groups excluding carboxylic acids is 2. The van der Waals surface area contributed by atoms with Crippen LogP contribution in [0.3, 0.4) is 0 Å². The summed E-state index contributed by atoms with van der Waals surface area (Å²) in [6, 6.07) is 8.28. The van der Waals surface area contributed by atoms with Gasteiger partial charge in [-0.25, -0.2) is 4.79 Å². The standard InChI is InChI=1S/C11H10ClNO4/c1-2-16-11(15)17-13-10(12)9(14)8-6-4-3-5-7-8/h3-7H,2H2,1H3/b13-10-. The summed E-state index contributed by atoms with van der Waals surface area (Å²) in [6.45, 7) is 1.76. The molecule has 0 spiro atoms. The SMILES string of the molecule is CCOC(=O)O/N=C(\Cl)C(=O)c1ccccc1. The first-order chi connectivity index (χ1) is 8.15. The van der Waals surface area contributed by atoms with Gasteiger partial charge in [0.25, 0.3) is 0 Å². The number of carbonyl (C=O) groups is 2. The molecule has 1 aromatic carbocycles. The third-order valence-electron chi connectivity index (χ3n) is 1.69. The van der Waals surface area contributed by atoms with Crippen LogP contribution in [0.15, 0.2) is 35.5 Å². The molecule has 0 heterocycles. The summed E-state index contributed by atoms with van der Waals surface area (Å²) >= 11 is 5.58. The predicted molar refractivity (Wildman–Crippen MR) is 62.2 cm³/mol. The Balaban J connectivity index is 2.64. The summed E-state index contributed by atoms with van der Waals surface area (Å²) in [5.41, 5.74) is 0.355. The molecule has 0 aliphatic rings. The van der Waals surface area contributed by atoms with Crippen molar-refractivity contribution in [1.82, 2.24) is 0 Å². The maximum Gasteiger partial charge on any atom is 0.535 e. The molecule has 0 bridgehead atoms. The Morgan fingerprint density at radius 3 is 2.53 bits per heavy atom. The smallest absolute Gasteiger partial charge is 0.433 e. The van der Waals surface area contributed by atoms with Crippen molar-refractivity contribution in [3.63, 3.8) is 0 Å². The fourth-order valence-corrected chi connectivity index (χ4v) is 1.12. The number of benzene rings is 1. The summed E-state index contributed by atoms with van der Waals surface area (Å²) < 4.78 is 4.44. The van der Waals surface area contributed by atoms with Crippen molar-refractivity contribution in [2.75, 3.05) is 6.61 Å². The molecule has 0 unspecified atom stereocenters. The molecule has 0 atom stereocenters. The van der Waals surface area contributed by atoms with E-state index in [4.69, 9.17) is 11.6 Å².